The predicted octanol–water partition coefficient (Wildman–Crippen LogP) is 2.22. The molecule has 1 aliphatic carbocycles. The van der Waals surface area contributed by atoms with Crippen LogP contribution in [-0.2, 0) is 4.79 Å². The molecular weight excluding hydrogens is 245 g/mol. The predicted molar refractivity (Wildman–Crippen MR) is 74.3 cm³/mol. The van der Waals surface area contributed by atoms with Crippen LogP contribution in [0, 0.1) is 5.82 Å². The topological polar surface area (TPSA) is 58.4 Å². The average Bonchev–Trinajstić information content (AvgIpc) is 2.29. The molecule has 1 fully saturated rings. The van der Waals surface area contributed by atoms with E-state index in [1.165, 1.54) is 37.5 Å². The maximum Gasteiger partial charge on any atom is 0.225 e. The van der Waals surface area contributed by atoms with E-state index in [0.29, 0.717) is 18.2 Å². The molecule has 0 atom stereocenters. The van der Waals surface area contributed by atoms with Crippen LogP contribution in [0.2, 0.25) is 0 Å². The van der Waals surface area contributed by atoms with Crippen LogP contribution in [0.4, 0.5) is 15.8 Å². The highest BCUT2D eigenvalue weighted by Gasteiger charge is 2.21. The SMILES string of the molecule is CN(CCC(=O)Nc1ccc(F)c(N)c1)C1CCC1. The van der Waals surface area contributed by atoms with Gasteiger partial charge < -0.3 is 16.0 Å². The van der Waals surface area contributed by atoms with E-state index in [0.717, 1.165) is 6.54 Å². The molecular formula is C14H20FN3O. The zero-order valence-electron chi connectivity index (χ0n) is 11.2. The number of anilines is 2. The maximum absolute atomic E-state index is 13.0. The van der Waals surface area contributed by atoms with Gasteiger partial charge in [-0.2, -0.15) is 0 Å². The van der Waals surface area contributed by atoms with Crippen molar-refractivity contribution in [2.24, 2.45) is 0 Å². The molecule has 104 valence electrons. The molecule has 0 aliphatic heterocycles. The van der Waals surface area contributed by atoms with E-state index in [9.17, 15) is 9.18 Å². The largest absolute Gasteiger partial charge is 0.396 e. The van der Waals surface area contributed by atoms with E-state index in [1.54, 1.807) is 0 Å². The van der Waals surface area contributed by atoms with Gasteiger partial charge in [0, 0.05) is 24.7 Å². The lowest BCUT2D eigenvalue weighted by Gasteiger charge is -2.34. The number of hydrogen-bond donors (Lipinski definition) is 2. The Morgan fingerprint density at radius 3 is 2.84 bits per heavy atom. The lowest BCUT2D eigenvalue weighted by atomic mass is 9.92. The first-order valence-corrected chi connectivity index (χ1v) is 6.61. The van der Waals surface area contributed by atoms with Gasteiger partial charge in [0.05, 0.1) is 5.69 Å². The summed E-state index contributed by atoms with van der Waals surface area (Å²) in [5.41, 5.74) is 6.03. The van der Waals surface area contributed by atoms with Crippen molar-refractivity contribution in [2.45, 2.75) is 31.7 Å². The summed E-state index contributed by atoms with van der Waals surface area (Å²) in [5, 5.41) is 2.73. The van der Waals surface area contributed by atoms with Crippen molar-refractivity contribution >= 4 is 17.3 Å². The van der Waals surface area contributed by atoms with Gasteiger partial charge in [0.25, 0.3) is 0 Å². The Morgan fingerprint density at radius 2 is 2.26 bits per heavy atom. The Bertz CT molecular complexity index is 460. The second-order valence-corrected chi connectivity index (χ2v) is 5.10. The number of rotatable bonds is 5. The lowest BCUT2D eigenvalue weighted by Crippen LogP contribution is -2.38. The van der Waals surface area contributed by atoms with Gasteiger partial charge in [-0.1, -0.05) is 6.42 Å². The lowest BCUT2D eigenvalue weighted by molar-refractivity contribution is -0.116. The van der Waals surface area contributed by atoms with E-state index in [-0.39, 0.29) is 11.6 Å². The van der Waals surface area contributed by atoms with Crippen LogP contribution in [-0.4, -0.2) is 30.4 Å². The number of benzene rings is 1. The number of carbonyl (C=O) groups is 1. The third kappa shape index (κ3) is 3.67. The van der Waals surface area contributed by atoms with Crippen LogP contribution in [0.5, 0.6) is 0 Å². The number of hydrogen-bond acceptors (Lipinski definition) is 3. The van der Waals surface area contributed by atoms with Crippen molar-refractivity contribution in [1.29, 1.82) is 0 Å². The Morgan fingerprint density at radius 1 is 1.53 bits per heavy atom. The monoisotopic (exact) mass is 265 g/mol. The molecule has 0 saturated heterocycles. The first kappa shape index (κ1) is 13.8. The van der Waals surface area contributed by atoms with Crippen LogP contribution in [0.3, 0.4) is 0 Å². The summed E-state index contributed by atoms with van der Waals surface area (Å²) < 4.78 is 13.0. The first-order valence-electron chi connectivity index (χ1n) is 6.61. The van der Waals surface area contributed by atoms with Gasteiger partial charge in [0.2, 0.25) is 5.91 Å². The van der Waals surface area contributed by atoms with E-state index in [2.05, 4.69) is 10.2 Å². The highest BCUT2D eigenvalue weighted by Crippen LogP contribution is 2.23. The molecule has 0 heterocycles. The molecule has 1 saturated carbocycles. The highest BCUT2D eigenvalue weighted by atomic mass is 19.1. The number of amides is 1. The number of halogens is 1. The first-order chi connectivity index (χ1) is 9.06. The number of nitrogen functional groups attached to an aromatic ring is 1. The second-order valence-electron chi connectivity index (χ2n) is 5.10. The molecule has 0 unspecified atom stereocenters. The van der Waals surface area contributed by atoms with Crippen molar-refractivity contribution in [3.63, 3.8) is 0 Å². The molecule has 0 radical (unpaired) electrons. The standard InChI is InChI=1S/C14H20FN3O/c1-18(11-3-2-4-11)8-7-14(19)17-10-5-6-12(15)13(16)9-10/h5-6,9,11H,2-4,7-8,16H2,1H3,(H,17,19). The molecule has 4 nitrogen and oxygen atoms in total. The summed E-state index contributed by atoms with van der Waals surface area (Å²) in [6.07, 6.45) is 4.18. The molecule has 19 heavy (non-hydrogen) atoms. The van der Waals surface area contributed by atoms with Crippen molar-refractivity contribution in [3.05, 3.63) is 24.0 Å². The molecule has 0 spiro atoms. The third-order valence-electron chi connectivity index (χ3n) is 3.67. The molecule has 1 aromatic rings. The molecule has 3 N–H and O–H groups in total. The smallest absolute Gasteiger partial charge is 0.225 e. The van der Waals surface area contributed by atoms with Gasteiger partial charge >= 0.3 is 0 Å². The number of nitrogens with one attached hydrogen (secondary N) is 1. The van der Waals surface area contributed by atoms with Gasteiger partial charge in [-0.15, -0.1) is 0 Å². The quantitative estimate of drug-likeness (QED) is 0.803. The maximum atomic E-state index is 13.0. The second kappa shape index (κ2) is 6.02. The normalized spacial score (nSPS) is 15.3. The summed E-state index contributed by atoms with van der Waals surface area (Å²) in [5.74, 6) is -0.542. The highest BCUT2D eigenvalue weighted by molar-refractivity contribution is 5.91. The van der Waals surface area contributed by atoms with Crippen molar-refractivity contribution in [3.8, 4) is 0 Å². The molecule has 2 rings (SSSR count). The van der Waals surface area contributed by atoms with Crippen LogP contribution in [0.25, 0.3) is 0 Å². The summed E-state index contributed by atoms with van der Waals surface area (Å²) in [6, 6.07) is 4.84. The third-order valence-corrected chi connectivity index (χ3v) is 3.67. The van der Waals surface area contributed by atoms with Gasteiger partial charge in [-0.05, 0) is 38.1 Å². The average molecular weight is 265 g/mol. The molecule has 0 aromatic heterocycles. The minimum atomic E-state index is -0.470. The van der Waals surface area contributed by atoms with E-state index in [1.807, 2.05) is 7.05 Å². The summed E-state index contributed by atoms with van der Waals surface area (Å²) in [7, 11) is 2.05. The summed E-state index contributed by atoms with van der Waals surface area (Å²) in [4.78, 5) is 14.0. The van der Waals surface area contributed by atoms with Gasteiger partial charge in [-0.3, -0.25) is 4.79 Å². The zero-order valence-corrected chi connectivity index (χ0v) is 11.2. The van der Waals surface area contributed by atoms with Gasteiger partial charge in [0.15, 0.2) is 0 Å². The van der Waals surface area contributed by atoms with Crippen molar-refractivity contribution in [2.75, 3.05) is 24.6 Å². The molecule has 0 bridgehead atoms. The number of nitrogens with zero attached hydrogens (tertiary/aromatic N) is 1. The van der Waals surface area contributed by atoms with Crippen LogP contribution >= 0.6 is 0 Å². The minimum absolute atomic E-state index is 0.0457. The Labute approximate surface area is 112 Å². The van der Waals surface area contributed by atoms with E-state index >= 15 is 0 Å². The van der Waals surface area contributed by atoms with E-state index in [4.69, 9.17) is 5.73 Å². The Kier molecular flexibility index (Phi) is 4.37. The molecule has 5 heteroatoms. The zero-order chi connectivity index (χ0) is 13.8. The summed E-state index contributed by atoms with van der Waals surface area (Å²) >= 11 is 0. The fourth-order valence-corrected chi connectivity index (χ4v) is 2.13. The fraction of sp³-hybridized carbons (Fsp3) is 0.500. The van der Waals surface area contributed by atoms with Crippen LogP contribution in [0.1, 0.15) is 25.7 Å². The Hall–Kier alpha value is -1.62. The summed E-state index contributed by atoms with van der Waals surface area (Å²) in [6.45, 7) is 0.743. The van der Waals surface area contributed by atoms with Crippen LogP contribution in [0.15, 0.2) is 18.2 Å². The van der Waals surface area contributed by atoms with E-state index < -0.39 is 5.82 Å². The van der Waals surface area contributed by atoms with Crippen LogP contribution < -0.4 is 11.1 Å². The fourth-order valence-electron chi connectivity index (χ4n) is 2.13. The number of nitrogens with two attached hydrogens (primary N) is 1. The van der Waals surface area contributed by atoms with Crippen molar-refractivity contribution in [1.82, 2.24) is 4.90 Å². The van der Waals surface area contributed by atoms with Crippen molar-refractivity contribution < 1.29 is 9.18 Å². The molecule has 1 amide bonds. The Balaban J connectivity index is 1.78. The van der Waals surface area contributed by atoms with Gasteiger partial charge in [-0.25, -0.2) is 4.39 Å². The number of carbonyl (C=O) groups excluding carboxylic acids is 1. The molecule has 1 aliphatic rings. The van der Waals surface area contributed by atoms with Gasteiger partial charge in [0.1, 0.15) is 5.82 Å². The minimum Gasteiger partial charge on any atom is -0.396 e. The molecule has 1 aromatic carbocycles.